The van der Waals surface area contributed by atoms with E-state index in [9.17, 15) is 4.79 Å². The monoisotopic (exact) mass is 378 g/mol. The Balaban J connectivity index is 1.25. The Kier molecular flexibility index (Phi) is 4.47. The Bertz CT molecular complexity index is 865. The molecular weight excluding hydrogens is 352 g/mol. The van der Waals surface area contributed by atoms with Gasteiger partial charge in [0, 0.05) is 30.7 Å². The van der Waals surface area contributed by atoms with Crippen LogP contribution in [0.25, 0.3) is 0 Å². The van der Waals surface area contributed by atoms with E-state index < -0.39 is 6.16 Å². The van der Waals surface area contributed by atoms with Crippen LogP contribution < -0.4 is 15.0 Å². The van der Waals surface area contributed by atoms with Crippen molar-refractivity contribution in [2.75, 3.05) is 11.9 Å². The van der Waals surface area contributed by atoms with E-state index >= 15 is 0 Å². The third kappa shape index (κ3) is 3.35. The second kappa shape index (κ2) is 7.13. The SMILES string of the molecule is CN1c2ccc(OC(=O)OCc3ccccc3)cc2C2CCC(NC3CC3)C21. The van der Waals surface area contributed by atoms with Crippen LogP contribution >= 0.6 is 0 Å². The van der Waals surface area contributed by atoms with Gasteiger partial charge >= 0.3 is 6.16 Å². The molecule has 2 aliphatic carbocycles. The van der Waals surface area contributed by atoms with Gasteiger partial charge in [-0.2, -0.15) is 0 Å². The average Bonchev–Trinajstić information content (AvgIpc) is 3.36. The fourth-order valence-corrected chi connectivity index (χ4v) is 4.81. The van der Waals surface area contributed by atoms with Crippen molar-refractivity contribution < 1.29 is 14.3 Å². The van der Waals surface area contributed by atoms with Crippen LogP contribution in [-0.4, -0.2) is 31.3 Å². The van der Waals surface area contributed by atoms with Crippen LogP contribution in [0.4, 0.5) is 10.5 Å². The molecule has 5 nitrogen and oxygen atoms in total. The summed E-state index contributed by atoms with van der Waals surface area (Å²) in [5, 5.41) is 3.82. The molecule has 1 N–H and O–H groups in total. The summed E-state index contributed by atoms with van der Waals surface area (Å²) in [4.78, 5) is 14.5. The summed E-state index contributed by atoms with van der Waals surface area (Å²) < 4.78 is 10.7. The molecule has 0 aromatic heterocycles. The highest BCUT2D eigenvalue weighted by Gasteiger charge is 2.47. The van der Waals surface area contributed by atoms with Gasteiger partial charge in [-0.15, -0.1) is 0 Å². The lowest BCUT2D eigenvalue weighted by Gasteiger charge is -2.29. The Morgan fingerprint density at radius 3 is 2.71 bits per heavy atom. The Morgan fingerprint density at radius 1 is 1.11 bits per heavy atom. The van der Waals surface area contributed by atoms with Gasteiger partial charge in [-0.25, -0.2) is 4.79 Å². The number of ether oxygens (including phenoxy) is 2. The quantitative estimate of drug-likeness (QED) is 0.624. The lowest BCUT2D eigenvalue weighted by atomic mass is 9.97. The number of hydrogen-bond donors (Lipinski definition) is 1. The maximum atomic E-state index is 12.1. The molecule has 0 radical (unpaired) electrons. The van der Waals surface area contributed by atoms with Crippen LogP contribution in [-0.2, 0) is 11.3 Å². The minimum Gasteiger partial charge on any atom is -0.429 e. The van der Waals surface area contributed by atoms with Gasteiger partial charge in [0.1, 0.15) is 12.4 Å². The van der Waals surface area contributed by atoms with Gasteiger partial charge < -0.3 is 19.7 Å². The zero-order chi connectivity index (χ0) is 19.1. The number of carbonyl (C=O) groups excluding carboxylic acids is 1. The standard InChI is InChI=1S/C23H26N2O3/c1-25-21-12-9-17(28-23(26)27-14-15-5-3-2-4-6-15)13-19(21)18-10-11-20(22(18)25)24-16-7-8-16/h2-6,9,12-13,16,18,20,22,24H,7-8,10-11,14H2,1H3. The molecule has 5 heteroatoms. The smallest absolute Gasteiger partial charge is 0.429 e. The summed E-state index contributed by atoms with van der Waals surface area (Å²) in [5.41, 5.74) is 3.49. The highest BCUT2D eigenvalue weighted by Crippen LogP contribution is 2.50. The highest BCUT2D eigenvalue weighted by molar-refractivity contribution is 5.68. The maximum absolute atomic E-state index is 12.1. The summed E-state index contributed by atoms with van der Waals surface area (Å²) in [6.07, 6.45) is 4.35. The average molecular weight is 378 g/mol. The van der Waals surface area contributed by atoms with E-state index in [1.54, 1.807) is 0 Å². The highest BCUT2D eigenvalue weighted by atomic mass is 16.7. The van der Waals surface area contributed by atoms with E-state index in [-0.39, 0.29) is 6.61 Å². The Labute approximate surface area is 165 Å². The molecule has 2 fully saturated rings. The van der Waals surface area contributed by atoms with Crippen molar-refractivity contribution >= 4 is 11.8 Å². The van der Waals surface area contributed by atoms with Gasteiger partial charge in [0.05, 0.1) is 6.04 Å². The topological polar surface area (TPSA) is 50.8 Å². The van der Waals surface area contributed by atoms with Crippen molar-refractivity contribution in [3.63, 3.8) is 0 Å². The minimum absolute atomic E-state index is 0.215. The molecule has 2 saturated carbocycles. The minimum atomic E-state index is -0.661. The fraction of sp³-hybridized carbons (Fsp3) is 0.435. The predicted molar refractivity (Wildman–Crippen MR) is 108 cm³/mol. The third-order valence-corrected chi connectivity index (χ3v) is 6.27. The van der Waals surface area contributed by atoms with Crippen LogP contribution in [0.5, 0.6) is 5.75 Å². The van der Waals surface area contributed by atoms with Crippen LogP contribution in [0.2, 0.25) is 0 Å². The third-order valence-electron chi connectivity index (χ3n) is 6.27. The van der Waals surface area contributed by atoms with E-state index in [4.69, 9.17) is 9.47 Å². The first kappa shape index (κ1) is 17.6. The molecule has 5 rings (SSSR count). The van der Waals surface area contributed by atoms with Crippen LogP contribution in [0, 0.1) is 0 Å². The number of nitrogens with one attached hydrogen (secondary N) is 1. The zero-order valence-corrected chi connectivity index (χ0v) is 16.1. The molecule has 0 amide bonds. The van der Waals surface area contributed by atoms with Crippen molar-refractivity contribution in [3.8, 4) is 5.75 Å². The van der Waals surface area contributed by atoms with Gasteiger partial charge in [0.15, 0.2) is 0 Å². The molecular formula is C23H26N2O3. The number of rotatable bonds is 5. The second-order valence-electron chi connectivity index (χ2n) is 8.18. The summed E-state index contributed by atoms with van der Waals surface area (Å²) in [6.45, 7) is 0.215. The fourth-order valence-electron chi connectivity index (χ4n) is 4.81. The van der Waals surface area contributed by atoms with Crippen molar-refractivity contribution in [2.45, 2.75) is 56.3 Å². The van der Waals surface area contributed by atoms with Gasteiger partial charge in [0.2, 0.25) is 0 Å². The molecule has 3 aliphatic rings. The van der Waals surface area contributed by atoms with Crippen molar-refractivity contribution in [3.05, 3.63) is 59.7 Å². The first-order chi connectivity index (χ1) is 13.7. The van der Waals surface area contributed by atoms with Crippen molar-refractivity contribution in [1.82, 2.24) is 5.32 Å². The summed E-state index contributed by atoms with van der Waals surface area (Å²) in [5.74, 6) is 1.06. The normalized spacial score (nSPS) is 25.3. The van der Waals surface area contributed by atoms with Gasteiger partial charge in [-0.1, -0.05) is 30.3 Å². The molecule has 1 aliphatic heterocycles. The molecule has 0 saturated heterocycles. The van der Waals surface area contributed by atoms with Gasteiger partial charge in [-0.05, 0) is 55.0 Å². The first-order valence-electron chi connectivity index (χ1n) is 10.2. The molecule has 146 valence electrons. The van der Waals surface area contributed by atoms with Crippen molar-refractivity contribution in [1.29, 1.82) is 0 Å². The molecule has 3 unspecified atom stereocenters. The second-order valence-corrected chi connectivity index (χ2v) is 8.18. The molecule has 1 heterocycles. The van der Waals surface area contributed by atoms with E-state index in [1.165, 1.54) is 36.9 Å². The molecule has 3 atom stereocenters. The molecule has 0 bridgehead atoms. The summed E-state index contributed by atoms with van der Waals surface area (Å²) >= 11 is 0. The lowest BCUT2D eigenvalue weighted by Crippen LogP contribution is -2.45. The zero-order valence-electron chi connectivity index (χ0n) is 16.1. The Hall–Kier alpha value is -2.53. The lowest BCUT2D eigenvalue weighted by molar-refractivity contribution is 0.0927. The molecule has 2 aromatic rings. The number of likely N-dealkylation sites (N-methyl/N-ethyl adjacent to an activating group) is 1. The van der Waals surface area contributed by atoms with Gasteiger partial charge in [-0.3, -0.25) is 0 Å². The number of hydrogen-bond acceptors (Lipinski definition) is 5. The van der Waals surface area contributed by atoms with Crippen LogP contribution in [0.1, 0.15) is 42.7 Å². The molecule has 28 heavy (non-hydrogen) atoms. The number of fused-ring (bicyclic) bond motifs is 3. The molecule has 0 spiro atoms. The number of carbonyl (C=O) groups is 1. The number of anilines is 1. The van der Waals surface area contributed by atoms with Crippen LogP contribution in [0.3, 0.4) is 0 Å². The summed E-state index contributed by atoms with van der Waals surface area (Å²) in [7, 11) is 2.19. The van der Waals surface area contributed by atoms with Crippen LogP contribution in [0.15, 0.2) is 48.5 Å². The maximum Gasteiger partial charge on any atom is 0.514 e. The number of nitrogens with zero attached hydrogens (tertiary/aromatic N) is 1. The first-order valence-corrected chi connectivity index (χ1v) is 10.2. The van der Waals surface area contributed by atoms with E-state index in [0.29, 0.717) is 23.8 Å². The van der Waals surface area contributed by atoms with Crippen molar-refractivity contribution in [2.24, 2.45) is 0 Å². The van der Waals surface area contributed by atoms with E-state index in [1.807, 2.05) is 42.5 Å². The van der Waals surface area contributed by atoms with E-state index in [2.05, 4.69) is 23.3 Å². The van der Waals surface area contributed by atoms with Gasteiger partial charge in [0.25, 0.3) is 0 Å². The Morgan fingerprint density at radius 2 is 1.93 bits per heavy atom. The predicted octanol–water partition coefficient (Wildman–Crippen LogP) is 4.22. The largest absolute Gasteiger partial charge is 0.514 e. The number of benzene rings is 2. The molecule has 2 aromatic carbocycles. The summed E-state index contributed by atoms with van der Waals surface area (Å²) in [6, 6.07) is 17.4. The van der Waals surface area contributed by atoms with E-state index in [0.717, 1.165) is 11.6 Å².